The van der Waals surface area contributed by atoms with Crippen molar-refractivity contribution in [1.82, 2.24) is 0 Å². The quantitative estimate of drug-likeness (QED) is 0.635. The molecule has 2 aromatic rings. The van der Waals surface area contributed by atoms with E-state index < -0.39 is 10.8 Å². The molecular weight excluding hydrogens is 292 g/mol. The highest BCUT2D eigenvalue weighted by molar-refractivity contribution is 6.31. The molecule has 0 aliphatic heterocycles. The molecule has 108 valence electrons. The van der Waals surface area contributed by atoms with Gasteiger partial charge in [0.2, 0.25) is 0 Å². The Hall–Kier alpha value is -2.40. The molecule has 6 heteroatoms. The van der Waals surface area contributed by atoms with E-state index in [0.29, 0.717) is 12.2 Å². The Balaban J connectivity index is 2.46. The van der Waals surface area contributed by atoms with Crippen LogP contribution in [-0.4, -0.2) is 17.4 Å². The molecule has 0 unspecified atom stereocenters. The maximum absolute atomic E-state index is 12.6. The van der Waals surface area contributed by atoms with Gasteiger partial charge in [-0.25, -0.2) is 0 Å². The van der Waals surface area contributed by atoms with Crippen LogP contribution in [-0.2, 0) is 0 Å². The second-order valence-electron chi connectivity index (χ2n) is 4.30. The summed E-state index contributed by atoms with van der Waals surface area (Å²) < 4.78 is 0. The zero-order chi connectivity index (χ0) is 15.4. The fourth-order valence-electron chi connectivity index (χ4n) is 2.03. The van der Waals surface area contributed by atoms with Crippen molar-refractivity contribution in [3.63, 3.8) is 0 Å². The number of carbonyl (C=O) groups excluding carboxylic acids is 1. The van der Waals surface area contributed by atoms with E-state index in [0.717, 1.165) is 0 Å². The van der Waals surface area contributed by atoms with Crippen LogP contribution in [0.5, 0.6) is 0 Å². The van der Waals surface area contributed by atoms with Gasteiger partial charge in [0.25, 0.3) is 11.6 Å². The maximum Gasteiger partial charge on any atom is 0.283 e. The van der Waals surface area contributed by atoms with Crippen molar-refractivity contribution in [2.75, 3.05) is 11.4 Å². The molecule has 2 aromatic carbocycles. The Labute approximate surface area is 126 Å². The predicted molar refractivity (Wildman–Crippen MR) is 81.9 cm³/mol. The zero-order valence-corrected chi connectivity index (χ0v) is 12.1. The molecule has 0 saturated carbocycles. The van der Waals surface area contributed by atoms with Crippen LogP contribution in [0.3, 0.4) is 0 Å². The summed E-state index contributed by atoms with van der Waals surface area (Å²) in [7, 11) is 0. The molecule has 0 heterocycles. The SMILES string of the molecule is CCN(C(=O)c1ccc(Cl)cc1[N+](=O)[O-])c1ccccc1. The van der Waals surface area contributed by atoms with Gasteiger partial charge >= 0.3 is 0 Å². The molecular formula is C15H13ClN2O3. The third-order valence-corrected chi connectivity index (χ3v) is 3.25. The Kier molecular flexibility index (Phi) is 4.55. The van der Waals surface area contributed by atoms with Gasteiger partial charge in [-0.15, -0.1) is 0 Å². The minimum Gasteiger partial charge on any atom is -0.308 e. The van der Waals surface area contributed by atoms with Crippen LogP contribution in [0.2, 0.25) is 5.02 Å². The lowest BCUT2D eigenvalue weighted by molar-refractivity contribution is -0.385. The number of halogens is 1. The fourth-order valence-corrected chi connectivity index (χ4v) is 2.20. The number of nitro groups is 1. The van der Waals surface area contributed by atoms with Crippen molar-refractivity contribution in [3.05, 3.63) is 69.2 Å². The van der Waals surface area contributed by atoms with Crippen LogP contribution < -0.4 is 4.90 Å². The van der Waals surface area contributed by atoms with E-state index in [9.17, 15) is 14.9 Å². The van der Waals surface area contributed by atoms with Crippen molar-refractivity contribution in [2.45, 2.75) is 6.92 Å². The van der Waals surface area contributed by atoms with Gasteiger partial charge in [0.15, 0.2) is 0 Å². The van der Waals surface area contributed by atoms with E-state index in [4.69, 9.17) is 11.6 Å². The standard InChI is InChI=1S/C15H13ClN2O3/c1-2-17(12-6-4-3-5-7-12)15(19)13-9-8-11(16)10-14(13)18(20)21/h3-10H,2H2,1H3. The third-order valence-electron chi connectivity index (χ3n) is 3.02. The monoisotopic (exact) mass is 304 g/mol. The molecule has 5 nitrogen and oxygen atoms in total. The van der Waals surface area contributed by atoms with Gasteiger partial charge in [0, 0.05) is 23.3 Å². The lowest BCUT2D eigenvalue weighted by atomic mass is 10.1. The Morgan fingerprint density at radius 2 is 1.90 bits per heavy atom. The summed E-state index contributed by atoms with van der Waals surface area (Å²) in [6.07, 6.45) is 0. The van der Waals surface area contributed by atoms with Crippen molar-refractivity contribution < 1.29 is 9.72 Å². The van der Waals surface area contributed by atoms with Gasteiger partial charge in [-0.05, 0) is 31.2 Å². The lowest BCUT2D eigenvalue weighted by Crippen LogP contribution is -2.31. The second-order valence-corrected chi connectivity index (χ2v) is 4.74. The number of anilines is 1. The largest absolute Gasteiger partial charge is 0.308 e. The number of hydrogen-bond donors (Lipinski definition) is 0. The second kappa shape index (κ2) is 6.37. The third kappa shape index (κ3) is 3.20. The van der Waals surface area contributed by atoms with Crippen LogP contribution in [0.15, 0.2) is 48.5 Å². The smallest absolute Gasteiger partial charge is 0.283 e. The molecule has 0 aliphatic rings. The maximum atomic E-state index is 12.6. The number of nitrogens with zero attached hydrogens (tertiary/aromatic N) is 2. The van der Waals surface area contributed by atoms with Crippen LogP contribution >= 0.6 is 11.6 Å². The van der Waals surface area contributed by atoms with E-state index in [1.807, 2.05) is 25.1 Å². The topological polar surface area (TPSA) is 63.5 Å². The highest BCUT2D eigenvalue weighted by Gasteiger charge is 2.25. The van der Waals surface area contributed by atoms with Crippen molar-refractivity contribution in [3.8, 4) is 0 Å². The highest BCUT2D eigenvalue weighted by Crippen LogP contribution is 2.26. The van der Waals surface area contributed by atoms with E-state index in [-0.39, 0.29) is 16.3 Å². The van der Waals surface area contributed by atoms with Gasteiger partial charge in [-0.2, -0.15) is 0 Å². The van der Waals surface area contributed by atoms with Crippen molar-refractivity contribution >= 4 is 28.9 Å². The first kappa shape index (κ1) is 15.0. The van der Waals surface area contributed by atoms with Crippen molar-refractivity contribution in [2.24, 2.45) is 0 Å². The van der Waals surface area contributed by atoms with Crippen LogP contribution in [0.4, 0.5) is 11.4 Å². The van der Waals surface area contributed by atoms with Gasteiger partial charge in [0.1, 0.15) is 5.56 Å². The number of rotatable bonds is 4. The van der Waals surface area contributed by atoms with Gasteiger partial charge in [0.05, 0.1) is 4.92 Å². The van der Waals surface area contributed by atoms with E-state index in [1.165, 1.54) is 23.1 Å². The molecule has 0 aromatic heterocycles. The molecule has 0 aliphatic carbocycles. The van der Waals surface area contributed by atoms with E-state index >= 15 is 0 Å². The molecule has 0 fully saturated rings. The number of para-hydroxylation sites is 1. The van der Waals surface area contributed by atoms with Crippen molar-refractivity contribution in [1.29, 1.82) is 0 Å². The number of hydrogen-bond acceptors (Lipinski definition) is 3. The zero-order valence-electron chi connectivity index (χ0n) is 11.3. The number of benzene rings is 2. The fraction of sp³-hybridized carbons (Fsp3) is 0.133. The molecule has 0 N–H and O–H groups in total. The first-order chi connectivity index (χ1) is 10.0. The Morgan fingerprint density at radius 3 is 2.48 bits per heavy atom. The molecule has 21 heavy (non-hydrogen) atoms. The average molecular weight is 305 g/mol. The molecule has 1 amide bonds. The Morgan fingerprint density at radius 1 is 1.24 bits per heavy atom. The normalized spacial score (nSPS) is 10.2. The summed E-state index contributed by atoms with van der Waals surface area (Å²) in [5, 5.41) is 11.3. The summed E-state index contributed by atoms with van der Waals surface area (Å²) in [5.41, 5.74) is 0.422. The molecule has 2 rings (SSSR count). The summed E-state index contributed by atoms with van der Waals surface area (Å²) in [6.45, 7) is 2.22. The minimum atomic E-state index is -0.599. The first-order valence-electron chi connectivity index (χ1n) is 6.35. The summed E-state index contributed by atoms with van der Waals surface area (Å²) in [6, 6.07) is 13.1. The van der Waals surface area contributed by atoms with Gasteiger partial charge in [-0.3, -0.25) is 14.9 Å². The van der Waals surface area contributed by atoms with Crippen LogP contribution in [0, 0.1) is 10.1 Å². The van der Waals surface area contributed by atoms with Gasteiger partial charge < -0.3 is 4.90 Å². The molecule has 0 atom stereocenters. The molecule has 0 radical (unpaired) electrons. The predicted octanol–water partition coefficient (Wildman–Crippen LogP) is 3.91. The summed E-state index contributed by atoms with van der Waals surface area (Å²) in [4.78, 5) is 24.6. The molecule has 0 bridgehead atoms. The molecule has 0 saturated heterocycles. The summed E-state index contributed by atoms with van der Waals surface area (Å²) in [5.74, 6) is -0.424. The highest BCUT2D eigenvalue weighted by atomic mass is 35.5. The van der Waals surface area contributed by atoms with E-state index in [1.54, 1.807) is 12.1 Å². The molecule has 0 spiro atoms. The number of nitro benzene ring substituents is 1. The van der Waals surface area contributed by atoms with Crippen LogP contribution in [0.25, 0.3) is 0 Å². The Bertz CT molecular complexity index is 674. The summed E-state index contributed by atoms with van der Waals surface area (Å²) >= 11 is 5.77. The average Bonchev–Trinajstić information content (AvgIpc) is 2.48. The number of amides is 1. The lowest BCUT2D eigenvalue weighted by Gasteiger charge is -2.21. The number of carbonyl (C=O) groups is 1. The van der Waals surface area contributed by atoms with E-state index in [2.05, 4.69) is 0 Å². The first-order valence-corrected chi connectivity index (χ1v) is 6.73. The van der Waals surface area contributed by atoms with Gasteiger partial charge in [-0.1, -0.05) is 29.8 Å². The van der Waals surface area contributed by atoms with Crippen LogP contribution in [0.1, 0.15) is 17.3 Å². The minimum absolute atomic E-state index is 0.0232.